The SMILES string of the molecule is Cc1cc(C(=O)Nc2cc(C(N)=S)ccc2Cl)on1. The van der Waals surface area contributed by atoms with E-state index < -0.39 is 5.91 Å². The summed E-state index contributed by atoms with van der Waals surface area (Å²) in [6.45, 7) is 1.72. The molecule has 2 rings (SSSR count). The first-order chi connectivity index (χ1) is 8.97. The summed E-state index contributed by atoms with van der Waals surface area (Å²) in [6.07, 6.45) is 0. The lowest BCUT2D eigenvalue weighted by atomic mass is 10.2. The Morgan fingerprint density at radius 2 is 2.21 bits per heavy atom. The number of carbonyl (C=O) groups is 1. The minimum absolute atomic E-state index is 0.106. The largest absolute Gasteiger partial charge is 0.389 e. The maximum Gasteiger partial charge on any atom is 0.294 e. The predicted octanol–water partition coefficient (Wildman–Crippen LogP) is 2.52. The van der Waals surface area contributed by atoms with E-state index in [0.717, 1.165) is 0 Å². The van der Waals surface area contributed by atoms with E-state index in [-0.39, 0.29) is 10.7 Å². The molecular formula is C12H10ClN3O2S. The summed E-state index contributed by atoms with van der Waals surface area (Å²) in [6, 6.07) is 6.42. The molecule has 0 aliphatic carbocycles. The highest BCUT2D eigenvalue weighted by atomic mass is 35.5. The number of carbonyl (C=O) groups excluding carboxylic acids is 1. The van der Waals surface area contributed by atoms with Crippen molar-refractivity contribution in [3.8, 4) is 0 Å². The molecule has 1 heterocycles. The van der Waals surface area contributed by atoms with Crippen LogP contribution in [0.4, 0.5) is 5.69 Å². The molecule has 19 heavy (non-hydrogen) atoms. The summed E-state index contributed by atoms with van der Waals surface area (Å²) in [7, 11) is 0. The van der Waals surface area contributed by atoms with E-state index in [1.165, 1.54) is 6.07 Å². The topological polar surface area (TPSA) is 81.2 Å². The van der Waals surface area contributed by atoms with Gasteiger partial charge in [-0.15, -0.1) is 0 Å². The summed E-state index contributed by atoms with van der Waals surface area (Å²) in [5.74, 6) is -0.336. The van der Waals surface area contributed by atoms with E-state index in [2.05, 4.69) is 10.5 Å². The zero-order valence-electron chi connectivity index (χ0n) is 9.94. The van der Waals surface area contributed by atoms with E-state index in [1.807, 2.05) is 0 Å². The molecule has 0 saturated carbocycles. The number of aryl methyl sites for hydroxylation is 1. The van der Waals surface area contributed by atoms with Crippen molar-refractivity contribution in [3.05, 3.63) is 46.3 Å². The van der Waals surface area contributed by atoms with Crippen molar-refractivity contribution in [2.24, 2.45) is 5.73 Å². The Bertz CT molecular complexity index is 654. The van der Waals surface area contributed by atoms with Gasteiger partial charge >= 0.3 is 0 Å². The van der Waals surface area contributed by atoms with Crippen LogP contribution < -0.4 is 11.1 Å². The zero-order valence-corrected chi connectivity index (χ0v) is 11.5. The molecule has 7 heteroatoms. The van der Waals surface area contributed by atoms with Crippen molar-refractivity contribution >= 4 is 40.4 Å². The number of thiocarbonyl (C=S) groups is 1. The van der Waals surface area contributed by atoms with Crippen LogP contribution in [-0.2, 0) is 0 Å². The fraction of sp³-hybridized carbons (Fsp3) is 0.0833. The molecule has 0 radical (unpaired) electrons. The van der Waals surface area contributed by atoms with E-state index in [4.69, 9.17) is 34.1 Å². The summed E-state index contributed by atoms with van der Waals surface area (Å²) < 4.78 is 4.86. The first-order valence-corrected chi connectivity index (χ1v) is 6.10. The van der Waals surface area contributed by atoms with Crippen molar-refractivity contribution in [3.63, 3.8) is 0 Å². The van der Waals surface area contributed by atoms with Crippen LogP contribution in [0.2, 0.25) is 5.02 Å². The molecule has 0 atom stereocenters. The third kappa shape index (κ3) is 3.10. The third-order valence-electron chi connectivity index (χ3n) is 2.35. The Hall–Kier alpha value is -1.92. The van der Waals surface area contributed by atoms with E-state index in [0.29, 0.717) is 22.0 Å². The molecular weight excluding hydrogens is 286 g/mol. The maximum atomic E-state index is 11.9. The fourth-order valence-corrected chi connectivity index (χ4v) is 1.72. The van der Waals surface area contributed by atoms with Gasteiger partial charge in [0.15, 0.2) is 0 Å². The van der Waals surface area contributed by atoms with Crippen LogP contribution in [0.15, 0.2) is 28.8 Å². The van der Waals surface area contributed by atoms with Crippen molar-refractivity contribution in [2.75, 3.05) is 5.32 Å². The van der Waals surface area contributed by atoms with E-state index >= 15 is 0 Å². The fourth-order valence-electron chi connectivity index (χ4n) is 1.43. The highest BCUT2D eigenvalue weighted by molar-refractivity contribution is 7.80. The van der Waals surface area contributed by atoms with Gasteiger partial charge < -0.3 is 15.6 Å². The van der Waals surface area contributed by atoms with Gasteiger partial charge in [-0.3, -0.25) is 4.79 Å². The number of benzene rings is 1. The molecule has 2 aromatic rings. The molecule has 0 aliphatic heterocycles. The van der Waals surface area contributed by atoms with Gasteiger partial charge in [-0.25, -0.2) is 0 Å². The smallest absolute Gasteiger partial charge is 0.294 e. The van der Waals surface area contributed by atoms with Crippen LogP contribution in [0.3, 0.4) is 0 Å². The van der Waals surface area contributed by atoms with Crippen LogP contribution >= 0.6 is 23.8 Å². The lowest BCUT2D eigenvalue weighted by molar-refractivity contribution is 0.0988. The zero-order chi connectivity index (χ0) is 14.0. The van der Waals surface area contributed by atoms with Crippen LogP contribution in [0.25, 0.3) is 0 Å². The normalized spacial score (nSPS) is 10.2. The van der Waals surface area contributed by atoms with Crippen molar-refractivity contribution in [2.45, 2.75) is 6.92 Å². The Morgan fingerprint density at radius 1 is 1.47 bits per heavy atom. The molecule has 1 aromatic heterocycles. The number of nitrogens with two attached hydrogens (primary N) is 1. The number of halogens is 1. The Balaban J connectivity index is 2.25. The van der Waals surface area contributed by atoms with Crippen LogP contribution in [0, 0.1) is 6.92 Å². The summed E-state index contributed by atoms with van der Waals surface area (Å²) in [5.41, 5.74) is 7.17. The molecule has 3 N–H and O–H groups in total. The van der Waals surface area contributed by atoms with Crippen LogP contribution in [0.1, 0.15) is 21.8 Å². The lowest BCUT2D eigenvalue weighted by Crippen LogP contribution is -2.13. The number of aromatic nitrogens is 1. The van der Waals surface area contributed by atoms with E-state index in [9.17, 15) is 4.79 Å². The average Bonchev–Trinajstić information content (AvgIpc) is 2.78. The van der Waals surface area contributed by atoms with Crippen LogP contribution in [0.5, 0.6) is 0 Å². The number of nitrogens with one attached hydrogen (secondary N) is 1. The Labute approximate surface area is 119 Å². The molecule has 0 spiro atoms. The van der Waals surface area contributed by atoms with Crippen molar-refractivity contribution < 1.29 is 9.32 Å². The maximum absolute atomic E-state index is 11.9. The Kier molecular flexibility index (Phi) is 3.82. The molecule has 5 nitrogen and oxygen atoms in total. The lowest BCUT2D eigenvalue weighted by Gasteiger charge is -2.07. The summed E-state index contributed by atoms with van der Waals surface area (Å²) >= 11 is 10.9. The minimum atomic E-state index is -0.442. The second-order valence-corrected chi connectivity index (χ2v) is 4.69. The monoisotopic (exact) mass is 295 g/mol. The number of amides is 1. The highest BCUT2D eigenvalue weighted by Gasteiger charge is 2.14. The quantitative estimate of drug-likeness (QED) is 0.850. The van der Waals surface area contributed by atoms with Gasteiger partial charge in [-0.05, 0) is 19.1 Å². The first-order valence-electron chi connectivity index (χ1n) is 5.31. The van der Waals surface area contributed by atoms with Gasteiger partial charge in [0.2, 0.25) is 5.76 Å². The van der Waals surface area contributed by atoms with Crippen molar-refractivity contribution in [1.29, 1.82) is 0 Å². The predicted molar refractivity (Wildman–Crippen MR) is 76.5 cm³/mol. The van der Waals surface area contributed by atoms with Crippen LogP contribution in [-0.4, -0.2) is 16.1 Å². The first kappa shape index (κ1) is 13.5. The second-order valence-electron chi connectivity index (χ2n) is 3.85. The second kappa shape index (κ2) is 5.38. The van der Waals surface area contributed by atoms with Gasteiger partial charge in [0.05, 0.1) is 16.4 Å². The molecule has 0 unspecified atom stereocenters. The van der Waals surface area contributed by atoms with E-state index in [1.54, 1.807) is 25.1 Å². The van der Waals surface area contributed by atoms with Crippen molar-refractivity contribution in [1.82, 2.24) is 5.16 Å². The van der Waals surface area contributed by atoms with Gasteiger partial charge in [0.25, 0.3) is 5.91 Å². The van der Waals surface area contributed by atoms with Gasteiger partial charge in [-0.1, -0.05) is 35.0 Å². The minimum Gasteiger partial charge on any atom is -0.389 e. The van der Waals surface area contributed by atoms with Gasteiger partial charge in [0, 0.05) is 11.6 Å². The number of hydrogen-bond acceptors (Lipinski definition) is 4. The van der Waals surface area contributed by atoms with Gasteiger partial charge in [0.1, 0.15) is 4.99 Å². The average molecular weight is 296 g/mol. The summed E-state index contributed by atoms with van der Waals surface area (Å²) in [4.78, 5) is 12.1. The molecule has 1 aromatic carbocycles. The molecule has 0 saturated heterocycles. The molecule has 1 amide bonds. The highest BCUT2D eigenvalue weighted by Crippen LogP contribution is 2.23. The molecule has 0 bridgehead atoms. The van der Waals surface area contributed by atoms with Gasteiger partial charge in [-0.2, -0.15) is 0 Å². The number of anilines is 1. The summed E-state index contributed by atoms with van der Waals surface area (Å²) in [5, 5.41) is 6.63. The molecule has 98 valence electrons. The number of rotatable bonds is 3. The molecule has 0 fully saturated rings. The number of hydrogen-bond donors (Lipinski definition) is 2. The Morgan fingerprint density at radius 3 is 2.79 bits per heavy atom. The third-order valence-corrected chi connectivity index (χ3v) is 2.92. The number of nitrogens with zero attached hydrogens (tertiary/aromatic N) is 1. The standard InChI is InChI=1S/C12H10ClN3O2S/c1-6-4-10(18-16-6)12(17)15-9-5-7(11(14)19)2-3-8(9)13/h2-5H,1H3,(H2,14,19)(H,15,17). The molecule has 0 aliphatic rings.